The third-order valence-corrected chi connectivity index (χ3v) is 15.8. The molecule has 28 nitrogen and oxygen atoms in total. The van der Waals surface area contributed by atoms with Crippen LogP contribution in [0.2, 0.25) is 0 Å². The minimum atomic E-state index is -2.00. The van der Waals surface area contributed by atoms with Crippen LogP contribution in [0.5, 0.6) is 0 Å². The molecule has 0 radical (unpaired) electrons. The van der Waals surface area contributed by atoms with E-state index in [-0.39, 0.29) is 30.9 Å². The fraction of sp³-hybridized carbons (Fsp3) is 0.746. The zero-order valence-corrected chi connectivity index (χ0v) is 52.8. The summed E-state index contributed by atoms with van der Waals surface area (Å²) in [7, 11) is 2.40. The van der Waals surface area contributed by atoms with Gasteiger partial charge in [0, 0.05) is 40.0 Å². The van der Waals surface area contributed by atoms with E-state index in [1.807, 2.05) is 6.92 Å². The number of nitrogens with one attached hydrogen (secondary N) is 8. The number of carbonyl (C=O) groups excluding carboxylic acids is 13. The van der Waals surface area contributed by atoms with Gasteiger partial charge in [0.15, 0.2) is 6.10 Å². The van der Waals surface area contributed by atoms with Crippen molar-refractivity contribution < 1.29 is 77.3 Å². The van der Waals surface area contributed by atoms with Crippen molar-refractivity contribution in [3.63, 3.8) is 0 Å². The lowest BCUT2D eigenvalue weighted by atomic mass is 9.90. The Morgan fingerprint density at radius 2 is 1.24 bits per heavy atom. The SMILES string of the molecule is CC=C1NC(=O)C(C(C)C)NC(=O)C(O)C(C(C)CCCCCCCCCCC(=O)CCC)NC(=O)C2CCCN2C(=O)C(CC(N)=O)N(C)C(=O)C(C(C)OC)NC(=O)CNC(=O)C(CCC(N)=O)NC(=O)C(C(C)O)NC(=O)C(C(C)C)NC1=O. The Balaban J connectivity index is 2.73. The van der Waals surface area contributed by atoms with Gasteiger partial charge in [-0.2, -0.15) is 0 Å². The van der Waals surface area contributed by atoms with Crippen molar-refractivity contribution >= 4 is 76.7 Å². The summed E-state index contributed by atoms with van der Waals surface area (Å²) in [5, 5.41) is 42.7. The molecule has 2 heterocycles. The van der Waals surface area contributed by atoms with Gasteiger partial charge >= 0.3 is 0 Å². The van der Waals surface area contributed by atoms with Crippen LogP contribution in [-0.2, 0) is 67.1 Å². The second kappa shape index (κ2) is 38.3. The maximum atomic E-state index is 14.7. The molecule has 2 fully saturated rings. The Kier molecular flexibility index (Phi) is 33.4. The predicted octanol–water partition coefficient (Wildman–Crippen LogP) is -1.00. The molecule has 28 heteroatoms. The highest BCUT2D eigenvalue weighted by Crippen LogP contribution is 2.25. The number of hydrogen-bond donors (Lipinski definition) is 12. The van der Waals surface area contributed by atoms with E-state index in [2.05, 4.69) is 42.5 Å². The van der Waals surface area contributed by atoms with E-state index in [1.54, 1.807) is 34.6 Å². The molecule has 2 aliphatic heterocycles. The van der Waals surface area contributed by atoms with Gasteiger partial charge in [-0.1, -0.05) is 92.6 Å². The van der Waals surface area contributed by atoms with Gasteiger partial charge in [0.1, 0.15) is 53.8 Å². The van der Waals surface area contributed by atoms with Crippen molar-refractivity contribution in [2.45, 2.75) is 238 Å². The minimum Gasteiger partial charge on any atom is -0.391 e. The Bertz CT molecular complexity index is 2420. The van der Waals surface area contributed by atoms with Crippen molar-refractivity contribution in [1.29, 1.82) is 0 Å². The van der Waals surface area contributed by atoms with Crippen molar-refractivity contribution in [3.05, 3.63) is 11.8 Å². The van der Waals surface area contributed by atoms with Gasteiger partial charge < -0.3 is 78.8 Å². The molecule has 0 bridgehead atoms. The van der Waals surface area contributed by atoms with Crippen LogP contribution in [0.4, 0.5) is 0 Å². The molecule has 12 unspecified atom stereocenters. The number of nitrogens with zero attached hydrogens (tertiary/aromatic N) is 2. The predicted molar refractivity (Wildman–Crippen MR) is 319 cm³/mol. The Morgan fingerprint density at radius 3 is 1.79 bits per heavy atom. The van der Waals surface area contributed by atoms with Crippen LogP contribution >= 0.6 is 0 Å². The molecular formula is C59H100N12O16. The highest BCUT2D eigenvalue weighted by molar-refractivity contribution is 6.02. The number of carbonyl (C=O) groups is 13. The summed E-state index contributed by atoms with van der Waals surface area (Å²) in [6.45, 7) is 13.1. The second-order valence-electron chi connectivity index (χ2n) is 23.6. The molecule has 0 aromatic heterocycles. The topological polar surface area (TPSA) is 426 Å². The maximum Gasteiger partial charge on any atom is 0.268 e. The van der Waals surface area contributed by atoms with Crippen molar-refractivity contribution in [1.82, 2.24) is 52.3 Å². The van der Waals surface area contributed by atoms with Crippen LogP contribution in [0.25, 0.3) is 0 Å². The first-order valence-electron chi connectivity index (χ1n) is 30.5. The summed E-state index contributed by atoms with van der Waals surface area (Å²) in [6, 6.07) is -12.1. The number of nitrogens with two attached hydrogens (primary N) is 2. The first kappa shape index (κ1) is 76.0. The van der Waals surface area contributed by atoms with Crippen LogP contribution < -0.4 is 54.0 Å². The lowest BCUT2D eigenvalue weighted by Crippen LogP contribution is -2.62. The number of aliphatic hydroxyl groups excluding tert-OH is 2. The van der Waals surface area contributed by atoms with E-state index in [1.165, 1.54) is 34.1 Å². The molecule has 0 aliphatic carbocycles. The molecule has 2 saturated heterocycles. The average molecular weight is 1230 g/mol. The molecule has 87 heavy (non-hydrogen) atoms. The number of primary amides is 2. The molecule has 2 aliphatic rings. The van der Waals surface area contributed by atoms with Crippen LogP contribution in [0.15, 0.2) is 11.8 Å². The van der Waals surface area contributed by atoms with Crippen molar-refractivity contribution in [2.24, 2.45) is 29.2 Å². The Morgan fingerprint density at radius 1 is 0.667 bits per heavy atom. The molecule has 12 amide bonds. The van der Waals surface area contributed by atoms with E-state index in [4.69, 9.17) is 16.2 Å². The quantitative estimate of drug-likeness (QED) is 0.0407. The molecule has 0 aromatic rings. The summed E-state index contributed by atoms with van der Waals surface area (Å²) >= 11 is 0. The molecule has 0 spiro atoms. The van der Waals surface area contributed by atoms with Crippen LogP contribution in [0.1, 0.15) is 171 Å². The molecule has 0 aromatic carbocycles. The van der Waals surface area contributed by atoms with Gasteiger partial charge in [-0.05, 0) is 77.0 Å². The molecule has 14 N–H and O–H groups in total. The normalized spacial score (nSPS) is 25.8. The smallest absolute Gasteiger partial charge is 0.268 e. The summed E-state index contributed by atoms with van der Waals surface area (Å²) in [6.07, 6.45) is 4.59. The number of amides is 12. The van der Waals surface area contributed by atoms with Gasteiger partial charge in [0.25, 0.3) is 11.8 Å². The fourth-order valence-electron chi connectivity index (χ4n) is 10.3. The van der Waals surface area contributed by atoms with Gasteiger partial charge in [-0.3, -0.25) is 62.3 Å². The van der Waals surface area contributed by atoms with Gasteiger partial charge in [0.05, 0.1) is 31.2 Å². The maximum absolute atomic E-state index is 14.7. The molecule has 492 valence electrons. The number of ketones is 1. The van der Waals surface area contributed by atoms with Gasteiger partial charge in [-0.15, -0.1) is 0 Å². The van der Waals surface area contributed by atoms with Gasteiger partial charge in [-0.25, -0.2) is 0 Å². The molecule has 12 atom stereocenters. The number of allylic oxidation sites excluding steroid dienone is 1. The van der Waals surface area contributed by atoms with E-state index in [0.717, 1.165) is 68.1 Å². The number of Topliss-reactive ketones (excluding diaryl/α,β-unsaturated/α-hetero) is 1. The fourth-order valence-corrected chi connectivity index (χ4v) is 10.3. The minimum absolute atomic E-state index is 0.0360. The number of methoxy groups -OCH3 is 1. The first-order chi connectivity index (χ1) is 40.9. The van der Waals surface area contributed by atoms with Crippen molar-refractivity contribution in [3.8, 4) is 0 Å². The van der Waals surface area contributed by atoms with Crippen molar-refractivity contribution in [2.75, 3.05) is 27.2 Å². The number of hydrogen-bond acceptors (Lipinski definition) is 16. The number of fused-ring (bicyclic) bond motifs is 1. The van der Waals surface area contributed by atoms with Crippen LogP contribution in [0, 0.1) is 17.8 Å². The summed E-state index contributed by atoms with van der Waals surface area (Å²) in [4.78, 5) is 180. The van der Waals surface area contributed by atoms with E-state index >= 15 is 0 Å². The number of likely N-dealkylation sites (N-methyl/N-ethyl adjacent to an activating group) is 1. The summed E-state index contributed by atoms with van der Waals surface area (Å²) in [5.74, 6) is -13.4. The number of aliphatic hydroxyl groups is 2. The second-order valence-corrected chi connectivity index (χ2v) is 23.6. The lowest BCUT2D eigenvalue weighted by molar-refractivity contribution is -0.151. The highest BCUT2D eigenvalue weighted by Gasteiger charge is 2.44. The van der Waals surface area contributed by atoms with Crippen LogP contribution in [0.3, 0.4) is 0 Å². The lowest BCUT2D eigenvalue weighted by Gasteiger charge is -2.36. The highest BCUT2D eigenvalue weighted by atomic mass is 16.5. The Labute approximate surface area is 511 Å². The zero-order valence-electron chi connectivity index (χ0n) is 52.8. The third-order valence-electron chi connectivity index (χ3n) is 15.8. The number of rotatable bonds is 24. The third kappa shape index (κ3) is 24.9. The van der Waals surface area contributed by atoms with Crippen LogP contribution in [-0.4, -0.2) is 191 Å². The monoisotopic (exact) mass is 1230 g/mol. The van der Waals surface area contributed by atoms with E-state index in [0.29, 0.717) is 25.7 Å². The molecule has 2 rings (SSSR count). The molecular weight excluding hydrogens is 1130 g/mol. The Hall–Kier alpha value is -7.07. The number of ether oxygens (including phenoxy) is 1. The molecule has 0 saturated carbocycles. The summed E-state index contributed by atoms with van der Waals surface area (Å²) < 4.78 is 5.42. The van der Waals surface area contributed by atoms with E-state index < -0.39 is 181 Å². The van der Waals surface area contributed by atoms with E-state index in [9.17, 15) is 72.5 Å². The standard InChI is InChI=1S/C59H100N12O16/c1-12-23-37(73)25-21-19-17-15-14-16-18-20-24-34(7)47-50(77)57(84)67-45(32(3)4)54(81)63-38(13-2)52(79)66-46(33(5)6)55(82)69-48(35(8)72)56(83)64-39(27-28-42(60)74)51(78)62-31-44(76)65-49(36(9)87-11)59(86)70(10)41(30-43(61)75)58(85)71-29-22-26-40(71)53(80)68-47/h13,32-36,39-41,45-50,72,77H,12,14-31H2,1-11H3,(H2,60,74)(H2,61,75)(H,62,78)(H,63,81)(H,64,83)(H,65,76)(H,66,79)(H,67,84)(H,68,80)(H,69,82). The largest absolute Gasteiger partial charge is 0.391 e. The van der Waals surface area contributed by atoms with Gasteiger partial charge in [0.2, 0.25) is 59.1 Å². The average Bonchev–Trinajstić information content (AvgIpc) is 2.91. The first-order valence-corrected chi connectivity index (χ1v) is 30.5. The zero-order chi connectivity index (χ0) is 65.8. The summed E-state index contributed by atoms with van der Waals surface area (Å²) in [5.41, 5.74) is 10.6. The number of unbranched alkanes of at least 4 members (excludes halogenated alkanes) is 7.